The molecule has 0 unspecified atom stereocenters. The molecular weight excluding hydrogens is 260 g/mol. The quantitative estimate of drug-likeness (QED) is 0.850. The maximum absolute atomic E-state index is 13.1. The van der Waals surface area contributed by atoms with Crippen LogP contribution in [0.15, 0.2) is 24.3 Å². The number of hydrogen-bond acceptors (Lipinski definition) is 2. The summed E-state index contributed by atoms with van der Waals surface area (Å²) < 4.78 is 0. The number of hydrogen-bond donors (Lipinski definition) is 0. The Morgan fingerprint density at radius 1 is 1.19 bits per heavy atom. The second-order valence-corrected chi connectivity index (χ2v) is 6.83. The lowest BCUT2D eigenvalue weighted by Gasteiger charge is -2.41. The number of benzene rings is 1. The van der Waals surface area contributed by atoms with Gasteiger partial charge in [0.15, 0.2) is 0 Å². The largest absolute Gasteiger partial charge is 0.338 e. The first kappa shape index (κ1) is 14.6. The Morgan fingerprint density at radius 2 is 1.90 bits per heavy atom. The minimum Gasteiger partial charge on any atom is -0.338 e. The van der Waals surface area contributed by atoms with E-state index in [2.05, 4.69) is 48.2 Å². The van der Waals surface area contributed by atoms with Crippen molar-refractivity contribution in [2.45, 2.75) is 44.1 Å². The minimum atomic E-state index is -0.201. The molecule has 3 heteroatoms. The molecule has 0 radical (unpaired) electrons. The van der Waals surface area contributed by atoms with Crippen molar-refractivity contribution in [3.8, 4) is 0 Å². The number of carbonyl (C=O) groups excluding carboxylic acids is 1. The molecule has 1 amide bonds. The number of nitrogens with zero attached hydrogens (tertiary/aromatic N) is 2. The van der Waals surface area contributed by atoms with Gasteiger partial charge in [-0.3, -0.25) is 4.79 Å². The van der Waals surface area contributed by atoms with Crippen molar-refractivity contribution in [2.75, 3.05) is 27.2 Å². The molecule has 2 aliphatic rings. The lowest BCUT2D eigenvalue weighted by Crippen LogP contribution is -2.50. The Morgan fingerprint density at radius 3 is 2.62 bits per heavy atom. The minimum absolute atomic E-state index is 0.201. The van der Waals surface area contributed by atoms with Gasteiger partial charge in [-0.15, -0.1) is 0 Å². The van der Waals surface area contributed by atoms with E-state index in [-0.39, 0.29) is 5.41 Å². The third kappa shape index (κ3) is 2.59. The molecule has 114 valence electrons. The van der Waals surface area contributed by atoms with Gasteiger partial charge in [0.25, 0.3) is 0 Å². The first-order chi connectivity index (χ1) is 10.1. The van der Waals surface area contributed by atoms with Crippen LogP contribution in [0, 0.1) is 0 Å². The van der Waals surface area contributed by atoms with Crippen LogP contribution in [0.5, 0.6) is 0 Å². The zero-order chi connectivity index (χ0) is 14.9. The van der Waals surface area contributed by atoms with E-state index in [4.69, 9.17) is 0 Å². The predicted molar refractivity (Wildman–Crippen MR) is 85.2 cm³/mol. The van der Waals surface area contributed by atoms with Crippen molar-refractivity contribution < 1.29 is 4.79 Å². The summed E-state index contributed by atoms with van der Waals surface area (Å²) in [7, 11) is 4.18. The fraction of sp³-hybridized carbons (Fsp3) is 0.611. The Labute approximate surface area is 127 Å². The van der Waals surface area contributed by atoms with Gasteiger partial charge in [0.2, 0.25) is 5.91 Å². The smallest absolute Gasteiger partial charge is 0.233 e. The molecule has 1 aliphatic heterocycles. The average molecular weight is 286 g/mol. The van der Waals surface area contributed by atoms with Gasteiger partial charge in [-0.05, 0) is 51.0 Å². The maximum atomic E-state index is 13.1. The SMILES string of the molecule is CN(C)CCCN1Cc2ccccc2C2(CCCC2)C1=O. The molecule has 0 aromatic heterocycles. The van der Waals surface area contributed by atoms with E-state index in [1.165, 1.54) is 24.0 Å². The van der Waals surface area contributed by atoms with Crippen molar-refractivity contribution in [1.29, 1.82) is 0 Å². The molecule has 0 bridgehead atoms. The summed E-state index contributed by atoms with van der Waals surface area (Å²) in [6.45, 7) is 2.72. The molecule has 21 heavy (non-hydrogen) atoms. The Bertz CT molecular complexity index is 518. The summed E-state index contributed by atoms with van der Waals surface area (Å²) in [5, 5.41) is 0. The van der Waals surface area contributed by atoms with Crippen LogP contribution < -0.4 is 0 Å². The molecule has 1 aromatic rings. The molecule has 0 atom stereocenters. The third-order valence-electron chi connectivity index (χ3n) is 5.08. The van der Waals surface area contributed by atoms with Crippen molar-refractivity contribution in [3.63, 3.8) is 0 Å². The first-order valence-corrected chi connectivity index (χ1v) is 8.16. The molecule has 3 nitrogen and oxygen atoms in total. The number of carbonyl (C=O) groups is 1. The van der Waals surface area contributed by atoms with Gasteiger partial charge in [-0.25, -0.2) is 0 Å². The van der Waals surface area contributed by atoms with E-state index < -0.39 is 0 Å². The third-order valence-corrected chi connectivity index (χ3v) is 5.08. The van der Waals surface area contributed by atoms with E-state index in [9.17, 15) is 4.79 Å². The molecule has 1 heterocycles. The van der Waals surface area contributed by atoms with Crippen molar-refractivity contribution >= 4 is 5.91 Å². The Kier molecular flexibility index (Phi) is 4.03. The molecule has 1 spiro atoms. The molecular formula is C18H26N2O. The maximum Gasteiger partial charge on any atom is 0.233 e. The van der Waals surface area contributed by atoms with E-state index in [0.717, 1.165) is 38.9 Å². The molecule has 1 fully saturated rings. The van der Waals surface area contributed by atoms with Crippen LogP contribution in [0.2, 0.25) is 0 Å². The molecule has 1 aliphatic carbocycles. The van der Waals surface area contributed by atoms with Crippen molar-refractivity contribution in [2.24, 2.45) is 0 Å². The predicted octanol–water partition coefficient (Wildman–Crippen LogP) is 2.79. The highest BCUT2D eigenvalue weighted by atomic mass is 16.2. The highest BCUT2D eigenvalue weighted by molar-refractivity contribution is 5.90. The Balaban J connectivity index is 1.85. The lowest BCUT2D eigenvalue weighted by molar-refractivity contribution is -0.139. The van der Waals surface area contributed by atoms with Gasteiger partial charge in [-0.1, -0.05) is 37.1 Å². The molecule has 0 saturated heterocycles. The van der Waals surface area contributed by atoms with Crippen LogP contribution in [0.3, 0.4) is 0 Å². The first-order valence-electron chi connectivity index (χ1n) is 8.16. The van der Waals surface area contributed by atoms with Gasteiger partial charge in [-0.2, -0.15) is 0 Å². The van der Waals surface area contributed by atoms with Gasteiger partial charge < -0.3 is 9.80 Å². The summed E-state index contributed by atoms with van der Waals surface area (Å²) in [6, 6.07) is 8.60. The summed E-state index contributed by atoms with van der Waals surface area (Å²) >= 11 is 0. The topological polar surface area (TPSA) is 23.6 Å². The van der Waals surface area contributed by atoms with E-state index in [0.29, 0.717) is 5.91 Å². The number of rotatable bonds is 4. The summed E-state index contributed by atoms with van der Waals surface area (Å²) in [5.74, 6) is 0.387. The molecule has 3 rings (SSSR count). The van der Waals surface area contributed by atoms with E-state index in [1.54, 1.807) is 0 Å². The van der Waals surface area contributed by atoms with Gasteiger partial charge in [0.1, 0.15) is 0 Å². The Hall–Kier alpha value is -1.35. The van der Waals surface area contributed by atoms with Gasteiger partial charge in [0, 0.05) is 13.1 Å². The zero-order valence-corrected chi connectivity index (χ0v) is 13.3. The van der Waals surface area contributed by atoms with Crippen LogP contribution in [0.25, 0.3) is 0 Å². The average Bonchev–Trinajstić information content (AvgIpc) is 2.95. The van der Waals surface area contributed by atoms with Crippen LogP contribution in [0.4, 0.5) is 0 Å². The molecule has 1 aromatic carbocycles. The number of fused-ring (bicyclic) bond motifs is 2. The molecule has 0 N–H and O–H groups in total. The van der Waals surface area contributed by atoms with Gasteiger partial charge in [0.05, 0.1) is 5.41 Å². The van der Waals surface area contributed by atoms with Crippen molar-refractivity contribution in [3.05, 3.63) is 35.4 Å². The van der Waals surface area contributed by atoms with Crippen LogP contribution in [0.1, 0.15) is 43.2 Å². The second kappa shape index (κ2) is 5.80. The highest BCUT2D eigenvalue weighted by Gasteiger charge is 2.48. The normalized spacial score (nSPS) is 20.3. The fourth-order valence-electron chi connectivity index (χ4n) is 4.04. The standard InChI is InChI=1S/C18H26N2O/c1-19(2)12-7-13-20-14-15-8-3-4-9-16(15)18(17(20)21)10-5-6-11-18/h3-4,8-9H,5-7,10-14H2,1-2H3. The second-order valence-electron chi connectivity index (χ2n) is 6.83. The monoisotopic (exact) mass is 286 g/mol. The van der Waals surface area contributed by atoms with Gasteiger partial charge >= 0.3 is 0 Å². The summed E-state index contributed by atoms with van der Waals surface area (Å²) in [6.07, 6.45) is 5.49. The number of amides is 1. The van der Waals surface area contributed by atoms with Crippen molar-refractivity contribution in [1.82, 2.24) is 9.80 Å². The van der Waals surface area contributed by atoms with E-state index >= 15 is 0 Å². The van der Waals surface area contributed by atoms with Crippen LogP contribution >= 0.6 is 0 Å². The van der Waals surface area contributed by atoms with Crippen LogP contribution in [-0.2, 0) is 16.8 Å². The fourth-order valence-corrected chi connectivity index (χ4v) is 4.04. The highest BCUT2D eigenvalue weighted by Crippen LogP contribution is 2.46. The summed E-state index contributed by atoms with van der Waals surface area (Å²) in [5.41, 5.74) is 2.48. The lowest BCUT2D eigenvalue weighted by atomic mass is 9.73. The van der Waals surface area contributed by atoms with E-state index in [1.807, 2.05) is 0 Å². The summed E-state index contributed by atoms with van der Waals surface area (Å²) in [4.78, 5) is 17.4. The molecule has 1 saturated carbocycles. The van der Waals surface area contributed by atoms with Crippen LogP contribution in [-0.4, -0.2) is 42.9 Å². The zero-order valence-electron chi connectivity index (χ0n) is 13.3.